The molecule has 8 rings (SSSR count). The van der Waals surface area contributed by atoms with Crippen LogP contribution in [0.2, 0.25) is 0 Å². The van der Waals surface area contributed by atoms with Crippen molar-refractivity contribution in [2.45, 2.75) is 112 Å². The monoisotopic (exact) mass is 1060 g/mol. The number of benzene rings is 3. The Kier molecular flexibility index (Phi) is 15.9. The normalized spacial score (nSPS) is 22.2. The van der Waals surface area contributed by atoms with Crippen molar-refractivity contribution in [2.24, 2.45) is 0 Å². The number of aryl methyl sites for hydroxylation is 1. The fraction of sp³-hybridized carbons (Fsp3) is 0.408. The van der Waals surface area contributed by atoms with E-state index in [0.717, 1.165) is 28.7 Å². The molecule has 0 spiro atoms. The Labute approximate surface area is 437 Å². The minimum absolute atomic E-state index is 0. The standard InChI is InChI=1S/C49H56N2O15S4.Na.H/c1-48(25-3-5-29-67(54,55)56)37(31-50-28-24-33-16-22-39(69(60,61)62)42(48)44(33)50)18-12-34-9-7-10-35(46(34)66-38-19-13-36(14-20-38)47(52)53)17-23-41-49(2,26-4-6-30-68(57,58)59)43-40(70(63,64)65)21-15-32-11-8-27-51(41)45(32)43;;/h12-23,31H,3-11,24-30H2,1-2H3,(H,52,53)(H,54,55,56)(H,57,58,59)(H,60,61,62)(H,63,64,65);;/b18-12+,35-17+,41-23+;;. The summed E-state index contributed by atoms with van der Waals surface area (Å²) in [4.78, 5) is 15.3. The number of hydrogen-bond donors (Lipinski definition) is 5. The van der Waals surface area contributed by atoms with Crippen molar-refractivity contribution in [1.29, 1.82) is 0 Å². The van der Waals surface area contributed by atoms with Gasteiger partial charge in [-0.2, -0.15) is 33.7 Å². The molecule has 0 amide bonds. The quantitative estimate of drug-likeness (QED) is 0.0469. The van der Waals surface area contributed by atoms with Crippen molar-refractivity contribution < 1.29 is 66.5 Å². The molecule has 0 saturated heterocycles. The summed E-state index contributed by atoms with van der Waals surface area (Å²) in [5, 5.41) is 9.64. The number of anilines is 2. The maximum atomic E-state index is 13.0. The number of carboxylic acid groups (broad SMARTS) is 1. The van der Waals surface area contributed by atoms with E-state index in [1.54, 1.807) is 12.1 Å². The molecule has 0 aromatic heterocycles. The predicted molar refractivity (Wildman–Crippen MR) is 270 cm³/mol. The first-order valence-corrected chi connectivity index (χ1v) is 29.2. The van der Waals surface area contributed by atoms with Crippen molar-refractivity contribution in [3.8, 4) is 5.75 Å². The average Bonchev–Trinajstić information content (AvgIpc) is 3.80. The first kappa shape index (κ1) is 54.6. The Morgan fingerprint density at radius 3 is 1.82 bits per heavy atom. The summed E-state index contributed by atoms with van der Waals surface area (Å²) in [6.07, 6.45) is 14.4. The molecule has 4 heterocycles. The fourth-order valence-electron chi connectivity index (χ4n) is 11.0. The van der Waals surface area contributed by atoms with Crippen LogP contribution in [0.1, 0.15) is 111 Å². The minimum atomic E-state index is -4.74. The molecule has 2 unspecified atom stereocenters. The van der Waals surface area contributed by atoms with Gasteiger partial charge in [0.25, 0.3) is 40.5 Å². The van der Waals surface area contributed by atoms with Crippen LogP contribution in [0, 0.1) is 0 Å². The number of hydrogen-bond acceptors (Lipinski definition) is 12. The van der Waals surface area contributed by atoms with Crippen LogP contribution in [0.25, 0.3) is 0 Å². The molecule has 22 heteroatoms. The van der Waals surface area contributed by atoms with E-state index < -0.39 is 68.8 Å². The van der Waals surface area contributed by atoms with Gasteiger partial charge in [0.1, 0.15) is 21.3 Å². The van der Waals surface area contributed by atoms with Crippen LogP contribution in [0.4, 0.5) is 11.4 Å². The third-order valence-electron chi connectivity index (χ3n) is 14.3. The summed E-state index contributed by atoms with van der Waals surface area (Å²) in [6, 6.07) is 12.1. The number of ether oxygens (including phenoxy) is 1. The van der Waals surface area contributed by atoms with Crippen LogP contribution in [-0.2, 0) is 64.1 Å². The Morgan fingerprint density at radius 2 is 1.24 bits per heavy atom. The number of carbonyl (C=O) groups is 1. The van der Waals surface area contributed by atoms with Crippen molar-refractivity contribution in [3.63, 3.8) is 0 Å². The molecule has 5 aliphatic rings. The molecular weight excluding hydrogens is 1010 g/mol. The average molecular weight is 1070 g/mol. The van der Waals surface area contributed by atoms with E-state index in [9.17, 15) is 61.8 Å². The second kappa shape index (κ2) is 20.6. The van der Waals surface area contributed by atoms with Crippen LogP contribution in [0.5, 0.6) is 5.75 Å². The zero-order chi connectivity index (χ0) is 50.6. The van der Waals surface area contributed by atoms with Crippen LogP contribution in [0.3, 0.4) is 0 Å². The van der Waals surface area contributed by atoms with Gasteiger partial charge in [-0.3, -0.25) is 18.2 Å². The summed E-state index contributed by atoms with van der Waals surface area (Å²) in [5.74, 6) is -1.32. The van der Waals surface area contributed by atoms with Gasteiger partial charge in [-0.1, -0.05) is 50.1 Å². The zero-order valence-corrected chi connectivity index (χ0v) is 41.9. The molecular formula is C49H57N2NaO15S4. The van der Waals surface area contributed by atoms with Gasteiger partial charge in [-0.25, -0.2) is 4.79 Å². The molecule has 1 aliphatic carbocycles. The topological polar surface area (TPSA) is 270 Å². The number of unbranched alkanes of at least 4 members (excludes halogenated alkanes) is 2. The molecule has 3 aromatic rings. The van der Waals surface area contributed by atoms with Crippen LogP contribution in [0.15, 0.2) is 117 Å². The molecule has 17 nitrogen and oxygen atoms in total. The van der Waals surface area contributed by atoms with E-state index >= 15 is 0 Å². The van der Waals surface area contributed by atoms with E-state index in [-0.39, 0.29) is 83.4 Å². The number of aromatic carboxylic acids is 1. The molecule has 4 aliphatic heterocycles. The van der Waals surface area contributed by atoms with Crippen LogP contribution < -0.4 is 14.5 Å². The van der Waals surface area contributed by atoms with Crippen molar-refractivity contribution in [1.82, 2.24) is 0 Å². The Morgan fingerprint density at radius 1 is 0.662 bits per heavy atom. The van der Waals surface area contributed by atoms with E-state index in [0.29, 0.717) is 90.5 Å². The van der Waals surface area contributed by atoms with Gasteiger partial charge in [0.05, 0.1) is 17.1 Å². The Hall–Kier alpha value is -4.13. The number of allylic oxidation sites excluding steroid dienone is 8. The van der Waals surface area contributed by atoms with E-state index in [1.807, 2.05) is 49.3 Å². The summed E-state index contributed by atoms with van der Waals surface area (Å²) >= 11 is 0. The maximum absolute atomic E-state index is 13.0. The van der Waals surface area contributed by atoms with Crippen LogP contribution in [-0.4, -0.2) is 117 Å². The molecule has 0 fully saturated rings. The molecule has 71 heavy (non-hydrogen) atoms. The molecule has 0 saturated carbocycles. The molecule has 0 bridgehead atoms. The van der Waals surface area contributed by atoms with Gasteiger partial charge >= 0.3 is 35.5 Å². The molecule has 3 aromatic carbocycles. The first-order chi connectivity index (χ1) is 32.8. The predicted octanol–water partition coefficient (Wildman–Crippen LogP) is 7.47. The van der Waals surface area contributed by atoms with Gasteiger partial charge in [-0.05, 0) is 141 Å². The second-order valence-corrected chi connectivity index (χ2v) is 24.9. The van der Waals surface area contributed by atoms with E-state index in [1.165, 1.54) is 36.4 Å². The van der Waals surface area contributed by atoms with E-state index in [2.05, 4.69) is 4.90 Å². The fourth-order valence-corrected chi connectivity index (χ4v) is 13.7. The van der Waals surface area contributed by atoms with Gasteiger partial charge in [0, 0.05) is 58.3 Å². The molecule has 5 N–H and O–H groups in total. The third-order valence-corrected chi connectivity index (χ3v) is 17.7. The van der Waals surface area contributed by atoms with Gasteiger partial charge < -0.3 is 19.6 Å². The summed E-state index contributed by atoms with van der Waals surface area (Å²) in [6.45, 7) is 4.78. The second-order valence-electron chi connectivity index (χ2n) is 19.0. The summed E-state index contributed by atoms with van der Waals surface area (Å²) < 4.78 is 146. The third kappa shape index (κ3) is 11.5. The first-order valence-electron chi connectivity index (χ1n) is 23.1. The van der Waals surface area contributed by atoms with Gasteiger partial charge in [-0.15, -0.1) is 0 Å². The van der Waals surface area contributed by atoms with Crippen molar-refractivity contribution in [2.75, 3.05) is 34.4 Å². The van der Waals surface area contributed by atoms with Crippen molar-refractivity contribution in [3.05, 3.63) is 135 Å². The number of rotatable bonds is 18. The van der Waals surface area contributed by atoms with Crippen molar-refractivity contribution >= 4 is 87.4 Å². The van der Waals surface area contributed by atoms with Gasteiger partial charge in [0.15, 0.2) is 0 Å². The molecule has 2 atom stereocenters. The number of nitrogens with zero attached hydrogens (tertiary/aromatic N) is 2. The Bertz CT molecular complexity index is 3270. The SMILES string of the molecule is CC1(CCCCS(=O)(=O)O)C(/C=C/C2=C(Oc3ccc(C(=O)O)cc3)C(=C/C=C3/N4CCCc5ccc(S(=O)(=O)O)c(c54)C3(C)CCCCS(=O)(=O)O)/CCC2)=CN2CCc3ccc(S(=O)(=O)O)c1c32.[NaH]. The Balaban J connectivity index is 0.00000741. The molecule has 378 valence electrons. The summed E-state index contributed by atoms with van der Waals surface area (Å²) in [7, 11) is -18.0. The summed E-state index contributed by atoms with van der Waals surface area (Å²) in [5.41, 5.74) is 4.64. The van der Waals surface area contributed by atoms with Gasteiger partial charge in [0.2, 0.25) is 0 Å². The zero-order valence-electron chi connectivity index (χ0n) is 38.7. The van der Waals surface area contributed by atoms with E-state index in [4.69, 9.17) is 4.74 Å². The number of carboxylic acids is 1. The van der Waals surface area contributed by atoms with Crippen LogP contribution >= 0.6 is 0 Å². The molecule has 0 radical (unpaired) electrons.